The number of nitrogens with one attached hydrogen (secondary N) is 1. The molecule has 1 N–H and O–H groups in total. The second-order valence-corrected chi connectivity index (χ2v) is 9.12. The number of ether oxygens (including phenoxy) is 3. The van der Waals surface area contributed by atoms with Crippen molar-refractivity contribution in [1.82, 2.24) is 5.32 Å². The van der Waals surface area contributed by atoms with Crippen molar-refractivity contribution in [2.24, 2.45) is 5.92 Å². The van der Waals surface area contributed by atoms with Crippen molar-refractivity contribution >= 4 is 0 Å². The average Bonchev–Trinajstić information content (AvgIpc) is 2.80. The van der Waals surface area contributed by atoms with Crippen molar-refractivity contribution < 1.29 is 14.2 Å². The molecule has 2 aromatic carbocycles. The Labute approximate surface area is 194 Å². The Kier molecular flexibility index (Phi) is 9.73. The highest BCUT2D eigenvalue weighted by Gasteiger charge is 2.24. The van der Waals surface area contributed by atoms with E-state index in [9.17, 15) is 0 Å². The topological polar surface area (TPSA) is 39.7 Å². The number of rotatable bonds is 12. The molecule has 0 unspecified atom stereocenters. The van der Waals surface area contributed by atoms with E-state index in [2.05, 4.69) is 55.6 Å². The van der Waals surface area contributed by atoms with Gasteiger partial charge in [0.25, 0.3) is 0 Å². The minimum atomic E-state index is 0.209. The molecule has 0 aromatic heterocycles. The molecule has 1 aliphatic rings. The van der Waals surface area contributed by atoms with Gasteiger partial charge in [-0.05, 0) is 93.8 Å². The fourth-order valence-electron chi connectivity index (χ4n) is 4.87. The number of methoxy groups -OCH3 is 1. The molecule has 0 bridgehead atoms. The fourth-order valence-corrected chi connectivity index (χ4v) is 4.87. The number of benzene rings is 2. The molecule has 0 aliphatic heterocycles. The lowest BCUT2D eigenvalue weighted by molar-refractivity contribution is 0.242. The van der Waals surface area contributed by atoms with Crippen LogP contribution in [0.1, 0.15) is 76.3 Å². The molecule has 1 fully saturated rings. The van der Waals surface area contributed by atoms with Crippen LogP contribution in [0.5, 0.6) is 17.2 Å². The molecule has 1 saturated carbocycles. The summed E-state index contributed by atoms with van der Waals surface area (Å²) in [7, 11) is 1.68. The first kappa shape index (κ1) is 24.4. The molecule has 2 aromatic rings. The zero-order valence-corrected chi connectivity index (χ0v) is 20.4. The SMILES string of the molecule is CCOc1cc(CNCC[C@@H](c2ccc(OC(C)C)cc2)C2CCCCC2)ccc1OC. The molecule has 1 aliphatic carbocycles. The molecule has 4 nitrogen and oxygen atoms in total. The van der Waals surface area contributed by atoms with Crippen molar-refractivity contribution in [2.75, 3.05) is 20.3 Å². The van der Waals surface area contributed by atoms with Crippen LogP contribution in [0.4, 0.5) is 0 Å². The second-order valence-electron chi connectivity index (χ2n) is 9.12. The van der Waals surface area contributed by atoms with Gasteiger partial charge in [0.05, 0.1) is 19.8 Å². The van der Waals surface area contributed by atoms with Crippen LogP contribution in [0, 0.1) is 5.92 Å². The van der Waals surface area contributed by atoms with Gasteiger partial charge >= 0.3 is 0 Å². The molecule has 1 atom stereocenters. The molecular weight excluding hydrogens is 398 g/mol. The Morgan fingerprint density at radius 2 is 1.72 bits per heavy atom. The van der Waals surface area contributed by atoms with E-state index < -0.39 is 0 Å². The van der Waals surface area contributed by atoms with Crippen molar-refractivity contribution in [3.05, 3.63) is 53.6 Å². The standard InChI is InChI=1S/C28H41NO3/c1-5-31-28-19-22(11-16-27(28)30-4)20-29-18-17-26(23-9-7-6-8-10-23)24-12-14-25(15-13-24)32-21(2)3/h11-16,19,21,23,26,29H,5-10,17-18,20H2,1-4H3/t26-/m1/s1. The first-order valence-electron chi connectivity index (χ1n) is 12.4. The Hall–Kier alpha value is -2.20. The van der Waals surface area contributed by atoms with Crippen LogP contribution in [-0.2, 0) is 6.54 Å². The lowest BCUT2D eigenvalue weighted by Gasteiger charge is -2.31. The highest BCUT2D eigenvalue weighted by Crippen LogP contribution is 2.38. The van der Waals surface area contributed by atoms with Gasteiger partial charge in [-0.15, -0.1) is 0 Å². The van der Waals surface area contributed by atoms with Crippen LogP contribution in [0.15, 0.2) is 42.5 Å². The van der Waals surface area contributed by atoms with Gasteiger partial charge in [-0.1, -0.05) is 37.5 Å². The Morgan fingerprint density at radius 3 is 2.38 bits per heavy atom. The van der Waals surface area contributed by atoms with Gasteiger partial charge in [-0.3, -0.25) is 0 Å². The van der Waals surface area contributed by atoms with Gasteiger partial charge in [0.2, 0.25) is 0 Å². The van der Waals surface area contributed by atoms with Crippen LogP contribution in [-0.4, -0.2) is 26.4 Å². The molecule has 0 radical (unpaired) electrons. The largest absolute Gasteiger partial charge is 0.493 e. The molecule has 0 amide bonds. The van der Waals surface area contributed by atoms with E-state index >= 15 is 0 Å². The van der Waals surface area contributed by atoms with Crippen molar-refractivity contribution in [2.45, 2.75) is 77.9 Å². The van der Waals surface area contributed by atoms with Gasteiger partial charge in [-0.25, -0.2) is 0 Å². The van der Waals surface area contributed by atoms with E-state index in [1.54, 1.807) is 7.11 Å². The maximum absolute atomic E-state index is 5.85. The van der Waals surface area contributed by atoms with Crippen LogP contribution < -0.4 is 19.5 Å². The smallest absolute Gasteiger partial charge is 0.161 e. The van der Waals surface area contributed by atoms with Crippen LogP contribution in [0.3, 0.4) is 0 Å². The van der Waals surface area contributed by atoms with E-state index in [1.807, 2.05) is 13.0 Å². The average molecular weight is 440 g/mol. The maximum atomic E-state index is 5.85. The first-order chi connectivity index (χ1) is 15.6. The van der Waals surface area contributed by atoms with E-state index in [4.69, 9.17) is 14.2 Å². The highest BCUT2D eigenvalue weighted by molar-refractivity contribution is 5.43. The third kappa shape index (κ3) is 7.16. The minimum absolute atomic E-state index is 0.209. The monoisotopic (exact) mass is 439 g/mol. The third-order valence-electron chi connectivity index (χ3n) is 6.39. The molecule has 32 heavy (non-hydrogen) atoms. The maximum Gasteiger partial charge on any atom is 0.161 e. The number of hydrogen-bond donors (Lipinski definition) is 1. The Balaban J connectivity index is 1.60. The molecule has 4 heteroatoms. The summed E-state index contributed by atoms with van der Waals surface area (Å²) in [6.45, 7) is 8.62. The van der Waals surface area contributed by atoms with Crippen molar-refractivity contribution in [1.29, 1.82) is 0 Å². The molecular formula is C28H41NO3. The predicted octanol–water partition coefficient (Wildman–Crippen LogP) is 6.72. The lowest BCUT2D eigenvalue weighted by Crippen LogP contribution is -2.22. The second kappa shape index (κ2) is 12.7. The minimum Gasteiger partial charge on any atom is -0.493 e. The van der Waals surface area contributed by atoms with E-state index in [-0.39, 0.29) is 6.10 Å². The lowest BCUT2D eigenvalue weighted by atomic mass is 9.75. The first-order valence-corrected chi connectivity index (χ1v) is 12.4. The molecule has 0 saturated heterocycles. The van der Waals surface area contributed by atoms with Crippen LogP contribution in [0.2, 0.25) is 0 Å². The summed E-state index contributed by atoms with van der Waals surface area (Å²) < 4.78 is 17.0. The number of hydrogen-bond acceptors (Lipinski definition) is 4. The van der Waals surface area contributed by atoms with Gasteiger partial charge < -0.3 is 19.5 Å². The van der Waals surface area contributed by atoms with Crippen molar-refractivity contribution in [3.63, 3.8) is 0 Å². The Bertz CT molecular complexity index is 797. The summed E-state index contributed by atoms with van der Waals surface area (Å²) >= 11 is 0. The zero-order valence-electron chi connectivity index (χ0n) is 20.4. The fraction of sp³-hybridized carbons (Fsp3) is 0.571. The summed E-state index contributed by atoms with van der Waals surface area (Å²) in [5.74, 6) is 3.96. The normalized spacial score (nSPS) is 15.5. The van der Waals surface area contributed by atoms with E-state index in [1.165, 1.54) is 43.2 Å². The van der Waals surface area contributed by atoms with Gasteiger partial charge in [-0.2, -0.15) is 0 Å². The van der Waals surface area contributed by atoms with Crippen LogP contribution >= 0.6 is 0 Å². The Morgan fingerprint density at radius 1 is 0.969 bits per heavy atom. The molecule has 0 spiro atoms. The quantitative estimate of drug-likeness (QED) is 0.372. The summed E-state index contributed by atoms with van der Waals surface area (Å²) in [5.41, 5.74) is 2.68. The van der Waals surface area contributed by atoms with Crippen molar-refractivity contribution in [3.8, 4) is 17.2 Å². The summed E-state index contributed by atoms with van der Waals surface area (Å²) in [6, 6.07) is 15.1. The van der Waals surface area contributed by atoms with Gasteiger partial charge in [0.1, 0.15) is 5.75 Å². The summed E-state index contributed by atoms with van der Waals surface area (Å²) in [5, 5.41) is 3.66. The van der Waals surface area contributed by atoms with Gasteiger partial charge in [0.15, 0.2) is 11.5 Å². The molecule has 0 heterocycles. The van der Waals surface area contributed by atoms with E-state index in [0.29, 0.717) is 12.5 Å². The highest BCUT2D eigenvalue weighted by atomic mass is 16.5. The van der Waals surface area contributed by atoms with Crippen LogP contribution in [0.25, 0.3) is 0 Å². The predicted molar refractivity (Wildman–Crippen MR) is 132 cm³/mol. The summed E-state index contributed by atoms with van der Waals surface area (Å²) in [6.07, 6.45) is 8.20. The van der Waals surface area contributed by atoms with E-state index in [0.717, 1.165) is 42.7 Å². The third-order valence-corrected chi connectivity index (χ3v) is 6.39. The zero-order chi connectivity index (χ0) is 22.8. The molecule has 3 rings (SSSR count). The summed E-state index contributed by atoms with van der Waals surface area (Å²) in [4.78, 5) is 0. The van der Waals surface area contributed by atoms with Gasteiger partial charge in [0, 0.05) is 6.54 Å². The molecule has 176 valence electrons.